The summed E-state index contributed by atoms with van der Waals surface area (Å²) in [5.74, 6) is 0.863. The predicted molar refractivity (Wildman–Crippen MR) is 54.6 cm³/mol. The third kappa shape index (κ3) is 2.23. The van der Waals surface area contributed by atoms with Crippen LogP contribution in [0, 0.1) is 0 Å². The van der Waals surface area contributed by atoms with Gasteiger partial charge in [0, 0.05) is 17.6 Å². The first-order valence-corrected chi connectivity index (χ1v) is 5.03. The van der Waals surface area contributed by atoms with Crippen LogP contribution in [0.2, 0.25) is 0 Å². The largest absolute Gasteiger partial charge is 0.508 e. The van der Waals surface area contributed by atoms with E-state index in [2.05, 4.69) is 4.98 Å². The molecule has 0 saturated carbocycles. The van der Waals surface area contributed by atoms with Crippen molar-refractivity contribution in [1.82, 2.24) is 4.98 Å². The fraction of sp³-hybridized carbons (Fsp3) is 0.100. The van der Waals surface area contributed by atoms with Crippen LogP contribution in [-0.4, -0.2) is 10.1 Å². The van der Waals surface area contributed by atoms with E-state index in [0.717, 1.165) is 5.01 Å². The highest BCUT2D eigenvalue weighted by Crippen LogP contribution is 2.19. The molecule has 0 aliphatic carbocycles. The lowest BCUT2D eigenvalue weighted by molar-refractivity contribution is 0.304. The van der Waals surface area contributed by atoms with Crippen LogP contribution < -0.4 is 4.74 Å². The summed E-state index contributed by atoms with van der Waals surface area (Å²) < 4.78 is 5.42. The van der Waals surface area contributed by atoms with Gasteiger partial charge in [-0.25, -0.2) is 4.98 Å². The van der Waals surface area contributed by atoms with Crippen molar-refractivity contribution in [1.29, 1.82) is 0 Å². The zero-order valence-corrected chi connectivity index (χ0v) is 8.20. The first-order chi connectivity index (χ1) is 6.84. The SMILES string of the molecule is Oc1cccc(OCc2nccs2)c1. The van der Waals surface area contributed by atoms with Gasteiger partial charge in [-0.15, -0.1) is 11.3 Å². The maximum absolute atomic E-state index is 9.18. The van der Waals surface area contributed by atoms with Crippen molar-refractivity contribution in [2.75, 3.05) is 0 Å². The molecule has 0 amide bonds. The van der Waals surface area contributed by atoms with Gasteiger partial charge in [0.05, 0.1) is 0 Å². The molecule has 1 N–H and O–H groups in total. The number of benzene rings is 1. The molecule has 4 heteroatoms. The van der Waals surface area contributed by atoms with Crippen LogP contribution in [0.5, 0.6) is 11.5 Å². The van der Waals surface area contributed by atoms with Crippen molar-refractivity contribution < 1.29 is 9.84 Å². The molecule has 2 rings (SSSR count). The molecule has 2 aromatic rings. The Morgan fingerprint density at radius 3 is 3.07 bits per heavy atom. The first-order valence-electron chi connectivity index (χ1n) is 4.15. The minimum absolute atomic E-state index is 0.210. The van der Waals surface area contributed by atoms with Crippen LogP contribution in [0.3, 0.4) is 0 Å². The van der Waals surface area contributed by atoms with Crippen molar-refractivity contribution in [3.8, 4) is 11.5 Å². The van der Waals surface area contributed by atoms with E-state index in [1.807, 2.05) is 5.38 Å². The fourth-order valence-electron chi connectivity index (χ4n) is 1.04. The number of nitrogens with zero attached hydrogens (tertiary/aromatic N) is 1. The normalized spacial score (nSPS) is 10.0. The number of phenols is 1. The molecule has 1 heterocycles. The summed E-state index contributed by atoms with van der Waals surface area (Å²) in [5, 5.41) is 12.0. The van der Waals surface area contributed by atoms with Gasteiger partial charge in [-0.2, -0.15) is 0 Å². The van der Waals surface area contributed by atoms with Crippen molar-refractivity contribution in [2.24, 2.45) is 0 Å². The Morgan fingerprint density at radius 1 is 1.43 bits per heavy atom. The number of aromatic nitrogens is 1. The highest BCUT2D eigenvalue weighted by Gasteiger charge is 1.98. The van der Waals surface area contributed by atoms with Gasteiger partial charge in [0.2, 0.25) is 0 Å². The number of hydrogen-bond donors (Lipinski definition) is 1. The molecule has 0 aliphatic heterocycles. The fourth-order valence-corrected chi connectivity index (χ4v) is 1.57. The molecular weight excluding hydrogens is 198 g/mol. The van der Waals surface area contributed by atoms with Gasteiger partial charge in [-0.05, 0) is 12.1 Å². The Labute approximate surface area is 85.6 Å². The molecule has 0 aliphatic rings. The average molecular weight is 207 g/mol. The van der Waals surface area contributed by atoms with E-state index in [-0.39, 0.29) is 5.75 Å². The lowest BCUT2D eigenvalue weighted by atomic mass is 10.3. The maximum Gasteiger partial charge on any atom is 0.140 e. The van der Waals surface area contributed by atoms with E-state index in [1.165, 1.54) is 0 Å². The van der Waals surface area contributed by atoms with Gasteiger partial charge >= 0.3 is 0 Å². The van der Waals surface area contributed by atoms with E-state index in [1.54, 1.807) is 41.8 Å². The van der Waals surface area contributed by atoms with Gasteiger partial charge in [0.15, 0.2) is 0 Å². The van der Waals surface area contributed by atoms with Crippen molar-refractivity contribution >= 4 is 11.3 Å². The molecule has 72 valence electrons. The zero-order valence-electron chi connectivity index (χ0n) is 7.38. The van der Waals surface area contributed by atoms with E-state index in [9.17, 15) is 5.11 Å². The standard InChI is InChI=1S/C10H9NO2S/c12-8-2-1-3-9(6-8)13-7-10-11-4-5-14-10/h1-6,12H,7H2. The highest BCUT2D eigenvalue weighted by molar-refractivity contribution is 7.09. The van der Waals surface area contributed by atoms with Gasteiger partial charge < -0.3 is 9.84 Å². The quantitative estimate of drug-likeness (QED) is 0.840. The smallest absolute Gasteiger partial charge is 0.140 e. The third-order valence-corrected chi connectivity index (χ3v) is 2.42. The first kappa shape index (κ1) is 9.02. The molecule has 0 radical (unpaired) electrons. The zero-order chi connectivity index (χ0) is 9.80. The molecule has 3 nitrogen and oxygen atoms in total. The van der Waals surface area contributed by atoms with Crippen LogP contribution in [-0.2, 0) is 6.61 Å². The highest BCUT2D eigenvalue weighted by atomic mass is 32.1. The van der Waals surface area contributed by atoms with Gasteiger partial charge in [-0.1, -0.05) is 6.07 Å². The summed E-state index contributed by atoms with van der Waals surface area (Å²) in [6.45, 7) is 0.446. The average Bonchev–Trinajstić information content (AvgIpc) is 2.67. The number of thiazole rings is 1. The van der Waals surface area contributed by atoms with Crippen molar-refractivity contribution in [2.45, 2.75) is 6.61 Å². The number of aromatic hydroxyl groups is 1. The summed E-state index contributed by atoms with van der Waals surface area (Å²) in [4.78, 5) is 4.08. The third-order valence-electron chi connectivity index (χ3n) is 1.66. The summed E-state index contributed by atoms with van der Waals surface area (Å²) >= 11 is 1.55. The molecule has 0 atom stereocenters. The minimum Gasteiger partial charge on any atom is -0.508 e. The molecular formula is C10H9NO2S. The molecule has 0 bridgehead atoms. The summed E-state index contributed by atoms with van der Waals surface area (Å²) in [7, 11) is 0. The van der Waals surface area contributed by atoms with Gasteiger partial charge in [0.1, 0.15) is 23.1 Å². The second-order valence-electron chi connectivity index (χ2n) is 2.71. The lowest BCUT2D eigenvalue weighted by Gasteiger charge is -2.03. The van der Waals surface area contributed by atoms with Crippen LogP contribution in [0.1, 0.15) is 5.01 Å². The summed E-state index contributed by atoms with van der Waals surface area (Å²) in [6, 6.07) is 6.73. The van der Waals surface area contributed by atoms with E-state index in [0.29, 0.717) is 12.4 Å². The minimum atomic E-state index is 0.210. The number of phenolic OH excluding ortho intramolecular Hbond substituents is 1. The lowest BCUT2D eigenvalue weighted by Crippen LogP contribution is -1.93. The number of hydrogen-bond acceptors (Lipinski definition) is 4. The second kappa shape index (κ2) is 4.11. The van der Waals surface area contributed by atoms with Crippen LogP contribution in [0.15, 0.2) is 35.8 Å². The molecule has 1 aromatic heterocycles. The Balaban J connectivity index is 1.98. The Morgan fingerprint density at radius 2 is 2.36 bits per heavy atom. The topological polar surface area (TPSA) is 42.4 Å². The Bertz CT molecular complexity index is 400. The van der Waals surface area contributed by atoms with E-state index >= 15 is 0 Å². The monoisotopic (exact) mass is 207 g/mol. The summed E-state index contributed by atoms with van der Waals surface area (Å²) in [6.07, 6.45) is 1.74. The molecule has 1 aromatic carbocycles. The molecule has 14 heavy (non-hydrogen) atoms. The molecule has 0 saturated heterocycles. The van der Waals surface area contributed by atoms with Crippen molar-refractivity contribution in [3.05, 3.63) is 40.8 Å². The van der Waals surface area contributed by atoms with Gasteiger partial charge in [0.25, 0.3) is 0 Å². The predicted octanol–water partition coefficient (Wildman–Crippen LogP) is 2.43. The van der Waals surface area contributed by atoms with Crippen molar-refractivity contribution in [3.63, 3.8) is 0 Å². The number of rotatable bonds is 3. The molecule has 0 fully saturated rings. The molecule has 0 spiro atoms. The van der Waals surface area contributed by atoms with Crippen LogP contribution >= 0.6 is 11.3 Å². The van der Waals surface area contributed by atoms with E-state index in [4.69, 9.17) is 4.74 Å². The Kier molecular flexibility index (Phi) is 2.65. The maximum atomic E-state index is 9.18. The second-order valence-corrected chi connectivity index (χ2v) is 3.69. The summed E-state index contributed by atoms with van der Waals surface area (Å²) in [5.41, 5.74) is 0. The van der Waals surface area contributed by atoms with Crippen LogP contribution in [0.25, 0.3) is 0 Å². The number of ether oxygens (including phenoxy) is 1. The molecule has 0 unspecified atom stereocenters. The van der Waals surface area contributed by atoms with Gasteiger partial charge in [-0.3, -0.25) is 0 Å². The Hall–Kier alpha value is -1.55. The van der Waals surface area contributed by atoms with E-state index < -0.39 is 0 Å². The van der Waals surface area contributed by atoms with Crippen LogP contribution in [0.4, 0.5) is 0 Å².